The maximum absolute atomic E-state index is 9.13. The molecule has 0 saturated heterocycles. The van der Waals surface area contributed by atoms with Gasteiger partial charge in [-0.3, -0.25) is 0 Å². The molecule has 9 heteroatoms. The first-order valence-electron chi connectivity index (χ1n) is 11.5. The summed E-state index contributed by atoms with van der Waals surface area (Å²) >= 11 is 0. The van der Waals surface area contributed by atoms with E-state index in [4.69, 9.17) is 5.26 Å². The highest BCUT2D eigenvalue weighted by Crippen LogP contribution is 2.35. The predicted octanol–water partition coefficient (Wildman–Crippen LogP) is 4.52. The SMILES string of the molecule is CC(C)Nc1cc(-n2ncc3cc(C#N)cnc32)ncc1-c1cn(C2CCCCC2C)nn1. The zero-order valence-electron chi connectivity index (χ0n) is 19.1. The summed E-state index contributed by atoms with van der Waals surface area (Å²) in [5, 5.41) is 26.9. The van der Waals surface area contributed by atoms with Crippen molar-refractivity contribution in [1.82, 2.24) is 34.7 Å². The van der Waals surface area contributed by atoms with Crippen LogP contribution in [-0.4, -0.2) is 40.8 Å². The Kier molecular flexibility index (Phi) is 5.50. The van der Waals surface area contributed by atoms with Crippen LogP contribution >= 0.6 is 0 Å². The van der Waals surface area contributed by atoms with E-state index in [0.717, 1.165) is 28.8 Å². The Morgan fingerprint density at radius 1 is 1.12 bits per heavy atom. The summed E-state index contributed by atoms with van der Waals surface area (Å²) in [4.78, 5) is 9.09. The fourth-order valence-electron chi connectivity index (χ4n) is 4.60. The molecule has 0 radical (unpaired) electrons. The lowest BCUT2D eigenvalue weighted by molar-refractivity contribution is 0.237. The fourth-order valence-corrected chi connectivity index (χ4v) is 4.60. The van der Waals surface area contributed by atoms with Gasteiger partial charge in [-0.15, -0.1) is 5.10 Å². The smallest absolute Gasteiger partial charge is 0.164 e. The van der Waals surface area contributed by atoms with Gasteiger partial charge in [0.2, 0.25) is 0 Å². The van der Waals surface area contributed by atoms with Crippen LogP contribution in [0.25, 0.3) is 28.1 Å². The molecule has 5 rings (SSSR count). The van der Waals surface area contributed by atoms with Crippen molar-refractivity contribution in [3.63, 3.8) is 0 Å². The van der Waals surface area contributed by atoms with Crippen molar-refractivity contribution in [2.45, 2.75) is 58.5 Å². The molecule has 0 amide bonds. The number of hydrogen-bond acceptors (Lipinski definition) is 7. The molecule has 0 bridgehead atoms. The van der Waals surface area contributed by atoms with Gasteiger partial charge in [-0.25, -0.2) is 14.6 Å². The molecule has 1 aliphatic carbocycles. The van der Waals surface area contributed by atoms with Crippen molar-refractivity contribution in [2.24, 2.45) is 5.92 Å². The zero-order valence-corrected chi connectivity index (χ0v) is 19.1. The summed E-state index contributed by atoms with van der Waals surface area (Å²) in [6, 6.07) is 6.47. The number of nitriles is 1. The Labute approximate surface area is 192 Å². The van der Waals surface area contributed by atoms with E-state index in [1.807, 2.05) is 23.1 Å². The minimum atomic E-state index is 0.220. The molecular formula is C24H27N9. The number of aromatic nitrogens is 7. The summed E-state index contributed by atoms with van der Waals surface area (Å²) in [6.07, 6.45) is 12.0. The fraction of sp³-hybridized carbons (Fsp3) is 0.417. The summed E-state index contributed by atoms with van der Waals surface area (Å²) in [6.45, 7) is 6.49. The molecule has 33 heavy (non-hydrogen) atoms. The molecule has 2 unspecified atom stereocenters. The Morgan fingerprint density at radius 2 is 1.97 bits per heavy atom. The third-order valence-corrected chi connectivity index (χ3v) is 6.28. The van der Waals surface area contributed by atoms with Gasteiger partial charge in [0.05, 0.1) is 24.0 Å². The number of fused-ring (bicyclic) bond motifs is 1. The Bertz CT molecular complexity index is 1330. The van der Waals surface area contributed by atoms with Crippen molar-refractivity contribution in [3.8, 4) is 23.1 Å². The quantitative estimate of drug-likeness (QED) is 0.485. The van der Waals surface area contributed by atoms with Crippen molar-refractivity contribution in [3.05, 3.63) is 42.5 Å². The largest absolute Gasteiger partial charge is 0.382 e. The number of hydrogen-bond donors (Lipinski definition) is 1. The lowest BCUT2D eigenvalue weighted by Gasteiger charge is -2.28. The van der Waals surface area contributed by atoms with Crippen LogP contribution in [0.2, 0.25) is 0 Å². The minimum Gasteiger partial charge on any atom is -0.382 e. The highest BCUT2D eigenvalue weighted by Gasteiger charge is 2.25. The van der Waals surface area contributed by atoms with Crippen molar-refractivity contribution < 1.29 is 0 Å². The first-order valence-corrected chi connectivity index (χ1v) is 11.5. The Hall–Kier alpha value is -3.80. The van der Waals surface area contributed by atoms with Crippen LogP contribution in [-0.2, 0) is 0 Å². The highest BCUT2D eigenvalue weighted by molar-refractivity contribution is 5.79. The van der Waals surface area contributed by atoms with Gasteiger partial charge in [0.25, 0.3) is 0 Å². The molecular weight excluding hydrogens is 414 g/mol. The zero-order chi connectivity index (χ0) is 22.9. The molecule has 0 aliphatic heterocycles. The molecule has 168 valence electrons. The first kappa shape index (κ1) is 21.1. The van der Waals surface area contributed by atoms with Gasteiger partial charge in [0, 0.05) is 41.1 Å². The van der Waals surface area contributed by atoms with Crippen LogP contribution in [0.1, 0.15) is 58.1 Å². The van der Waals surface area contributed by atoms with E-state index < -0.39 is 0 Å². The van der Waals surface area contributed by atoms with E-state index >= 15 is 0 Å². The molecule has 0 aromatic carbocycles. The third kappa shape index (κ3) is 4.04. The normalized spacial score (nSPS) is 18.5. The summed E-state index contributed by atoms with van der Waals surface area (Å²) in [7, 11) is 0. The van der Waals surface area contributed by atoms with Crippen LogP contribution in [0.4, 0.5) is 5.69 Å². The van der Waals surface area contributed by atoms with E-state index in [9.17, 15) is 0 Å². The number of anilines is 1. The number of nitrogens with one attached hydrogen (secondary N) is 1. The molecule has 4 aromatic heterocycles. The van der Waals surface area contributed by atoms with Crippen molar-refractivity contribution in [2.75, 3.05) is 5.32 Å². The standard InChI is InChI=1S/C24H27N9/c1-15(2)29-20-9-23(33-24-18(12-28-33)8-17(10-25)11-27-24)26-13-19(20)21-14-32(31-30-21)22-7-5-4-6-16(22)3/h8-9,11-16,22H,4-7H2,1-3H3,(H,26,29). The van der Waals surface area contributed by atoms with E-state index in [2.05, 4.69) is 57.5 Å². The van der Waals surface area contributed by atoms with Gasteiger partial charge in [-0.1, -0.05) is 25.0 Å². The van der Waals surface area contributed by atoms with Crippen LogP contribution < -0.4 is 5.32 Å². The second kappa shape index (κ2) is 8.62. The lowest BCUT2D eigenvalue weighted by Crippen LogP contribution is -2.21. The van der Waals surface area contributed by atoms with Gasteiger partial charge < -0.3 is 5.32 Å². The number of pyridine rings is 2. The van der Waals surface area contributed by atoms with E-state index in [1.54, 1.807) is 23.1 Å². The summed E-state index contributed by atoms with van der Waals surface area (Å²) in [5.41, 5.74) is 3.77. The first-order chi connectivity index (χ1) is 16.0. The predicted molar refractivity (Wildman–Crippen MR) is 126 cm³/mol. The van der Waals surface area contributed by atoms with Gasteiger partial charge in [0.15, 0.2) is 11.5 Å². The third-order valence-electron chi connectivity index (χ3n) is 6.28. The second-order valence-electron chi connectivity index (χ2n) is 9.11. The number of rotatable bonds is 5. The average Bonchev–Trinajstić information content (AvgIpc) is 3.46. The van der Waals surface area contributed by atoms with Crippen molar-refractivity contribution in [1.29, 1.82) is 5.26 Å². The molecule has 1 saturated carbocycles. The van der Waals surface area contributed by atoms with Crippen LogP contribution in [0.5, 0.6) is 0 Å². The number of nitrogens with zero attached hydrogens (tertiary/aromatic N) is 8. The molecule has 1 N–H and O–H groups in total. The molecule has 2 atom stereocenters. The van der Waals surface area contributed by atoms with Gasteiger partial charge in [-0.2, -0.15) is 15.0 Å². The lowest BCUT2D eigenvalue weighted by atomic mass is 9.86. The molecule has 0 spiro atoms. The molecule has 1 aliphatic rings. The van der Waals surface area contributed by atoms with Crippen molar-refractivity contribution >= 4 is 16.7 Å². The summed E-state index contributed by atoms with van der Waals surface area (Å²) in [5.74, 6) is 1.24. The van der Waals surface area contributed by atoms with Crippen LogP contribution in [0.15, 0.2) is 36.9 Å². The highest BCUT2D eigenvalue weighted by atomic mass is 15.4. The molecule has 9 nitrogen and oxygen atoms in total. The van der Waals surface area contributed by atoms with E-state index in [-0.39, 0.29) is 6.04 Å². The second-order valence-corrected chi connectivity index (χ2v) is 9.11. The van der Waals surface area contributed by atoms with Crippen LogP contribution in [0.3, 0.4) is 0 Å². The molecule has 1 fully saturated rings. The Balaban J connectivity index is 1.53. The monoisotopic (exact) mass is 441 g/mol. The maximum atomic E-state index is 9.13. The summed E-state index contributed by atoms with van der Waals surface area (Å²) < 4.78 is 3.72. The maximum Gasteiger partial charge on any atom is 0.164 e. The van der Waals surface area contributed by atoms with Gasteiger partial charge in [0.1, 0.15) is 11.8 Å². The average molecular weight is 442 g/mol. The topological polar surface area (TPSA) is 110 Å². The Morgan fingerprint density at radius 3 is 2.76 bits per heavy atom. The molecule has 4 aromatic rings. The van der Waals surface area contributed by atoms with E-state index in [0.29, 0.717) is 29.0 Å². The van der Waals surface area contributed by atoms with E-state index in [1.165, 1.54) is 19.3 Å². The molecule has 4 heterocycles. The minimum absolute atomic E-state index is 0.220. The van der Waals surface area contributed by atoms with Crippen LogP contribution in [0, 0.1) is 17.2 Å². The van der Waals surface area contributed by atoms with Gasteiger partial charge >= 0.3 is 0 Å². The van der Waals surface area contributed by atoms with Gasteiger partial charge in [-0.05, 0) is 38.7 Å².